The molecule has 1 aromatic carbocycles. The summed E-state index contributed by atoms with van der Waals surface area (Å²) in [6.45, 7) is 2.28. The van der Waals surface area contributed by atoms with Gasteiger partial charge in [-0.2, -0.15) is 13.1 Å². The molecule has 7 nitrogen and oxygen atoms in total. The number of hydrogen-bond donors (Lipinski definition) is 1. The van der Waals surface area contributed by atoms with Crippen molar-refractivity contribution in [2.75, 3.05) is 31.9 Å². The molecule has 1 aliphatic carbocycles. The van der Waals surface area contributed by atoms with Crippen LogP contribution in [0.1, 0.15) is 55.8 Å². The molecule has 0 aromatic heterocycles. The molecule has 3 rings (SSSR count). The average molecular weight is 510 g/mol. The number of carbonyl (C=O) groups is 1. The molecule has 1 saturated carbocycles. The number of hydrogen-bond acceptors (Lipinski definition) is 5. The van der Waals surface area contributed by atoms with Gasteiger partial charge in [0.05, 0.1) is 12.2 Å². The van der Waals surface area contributed by atoms with Crippen LogP contribution in [0, 0.1) is 0 Å². The highest BCUT2D eigenvalue weighted by Gasteiger charge is 2.53. The van der Waals surface area contributed by atoms with Gasteiger partial charge in [-0.25, -0.2) is 27.5 Å². The van der Waals surface area contributed by atoms with Gasteiger partial charge in [-0.15, -0.1) is 0 Å². The highest BCUT2D eigenvalue weighted by Crippen LogP contribution is 2.46. The van der Waals surface area contributed by atoms with Gasteiger partial charge in [0, 0.05) is 50.1 Å². The van der Waals surface area contributed by atoms with E-state index in [0.717, 1.165) is 0 Å². The molecule has 1 saturated heterocycles. The van der Waals surface area contributed by atoms with Crippen LogP contribution in [0.5, 0.6) is 0 Å². The van der Waals surface area contributed by atoms with E-state index in [1.54, 1.807) is 35.5 Å². The lowest BCUT2D eigenvalue weighted by molar-refractivity contribution is -0.284. The molecular weight excluding hydrogens is 478 g/mol. The third-order valence-electron chi connectivity index (χ3n) is 6.54. The zero-order chi connectivity index (χ0) is 25.0. The van der Waals surface area contributed by atoms with Gasteiger partial charge in [0.15, 0.2) is 0 Å². The van der Waals surface area contributed by atoms with Gasteiger partial charge in [0.25, 0.3) is 5.91 Å². The van der Waals surface area contributed by atoms with Crippen LogP contribution >= 0.6 is 0 Å². The summed E-state index contributed by atoms with van der Waals surface area (Å²) < 4.78 is 83.6. The largest absolute Gasteiger partial charge is 0.376 e. The predicted molar refractivity (Wildman–Crippen MR) is 118 cm³/mol. The van der Waals surface area contributed by atoms with Crippen LogP contribution in [0.15, 0.2) is 30.3 Å². The predicted octanol–water partition coefficient (Wildman–Crippen LogP) is 3.64. The van der Waals surface area contributed by atoms with Crippen molar-refractivity contribution in [3.63, 3.8) is 0 Å². The van der Waals surface area contributed by atoms with Crippen molar-refractivity contribution in [3.8, 4) is 0 Å². The third-order valence-corrected chi connectivity index (χ3v) is 8.62. The van der Waals surface area contributed by atoms with Crippen molar-refractivity contribution >= 4 is 15.9 Å². The standard InChI is InChI=1S/C22H31F4N3O4S/c1-2-16-34(31,32)29-14-12-28(13-15-29)20(8-10-21(23,24)11-9-20)17-22(25,26)33-27-19(30)18-6-4-3-5-7-18/h3-7H,2,8-17H2,1H3,(H,27,30). The van der Waals surface area contributed by atoms with E-state index < -0.39 is 52.8 Å². The molecule has 1 aromatic rings. The van der Waals surface area contributed by atoms with E-state index >= 15 is 0 Å². The zero-order valence-corrected chi connectivity index (χ0v) is 19.9. The number of sulfonamides is 1. The third kappa shape index (κ3) is 6.67. The summed E-state index contributed by atoms with van der Waals surface area (Å²) in [6, 6.07) is 7.69. The van der Waals surface area contributed by atoms with Crippen LogP contribution < -0.4 is 5.48 Å². The summed E-state index contributed by atoms with van der Waals surface area (Å²) in [4.78, 5) is 18.3. The van der Waals surface area contributed by atoms with Gasteiger partial charge in [-0.3, -0.25) is 9.69 Å². The number of carbonyl (C=O) groups excluding carboxylic acids is 1. The first-order chi connectivity index (χ1) is 15.9. The quantitative estimate of drug-likeness (QED) is 0.406. The van der Waals surface area contributed by atoms with E-state index in [-0.39, 0.29) is 50.3 Å². The van der Waals surface area contributed by atoms with Gasteiger partial charge in [0.1, 0.15) is 0 Å². The highest BCUT2D eigenvalue weighted by molar-refractivity contribution is 7.89. The van der Waals surface area contributed by atoms with Crippen molar-refractivity contribution < 1.29 is 35.6 Å². The lowest BCUT2D eigenvalue weighted by Crippen LogP contribution is -2.61. The Balaban J connectivity index is 1.70. The van der Waals surface area contributed by atoms with Gasteiger partial charge in [-0.05, 0) is 31.4 Å². The minimum Gasteiger partial charge on any atom is -0.295 e. The number of halogens is 4. The summed E-state index contributed by atoms with van der Waals surface area (Å²) >= 11 is 0. The Labute approximate surface area is 197 Å². The Morgan fingerprint density at radius 2 is 1.65 bits per heavy atom. The summed E-state index contributed by atoms with van der Waals surface area (Å²) in [5.74, 6) is -3.79. The van der Waals surface area contributed by atoms with Crippen molar-refractivity contribution in [2.24, 2.45) is 0 Å². The van der Waals surface area contributed by atoms with Crippen molar-refractivity contribution in [1.82, 2.24) is 14.7 Å². The molecule has 0 radical (unpaired) electrons. The molecule has 1 aliphatic heterocycles. The van der Waals surface area contributed by atoms with Crippen LogP contribution in [-0.4, -0.2) is 73.0 Å². The number of piperazine rings is 1. The summed E-state index contributed by atoms with van der Waals surface area (Å²) in [5, 5.41) is 0. The fraction of sp³-hybridized carbons (Fsp3) is 0.682. The molecule has 0 spiro atoms. The van der Waals surface area contributed by atoms with Crippen LogP contribution in [-0.2, 0) is 14.9 Å². The Bertz CT molecular complexity index is 929. The van der Waals surface area contributed by atoms with E-state index in [1.807, 2.05) is 0 Å². The molecule has 1 heterocycles. The maximum Gasteiger partial charge on any atom is 0.376 e. The van der Waals surface area contributed by atoms with Gasteiger partial charge in [-0.1, -0.05) is 25.1 Å². The lowest BCUT2D eigenvalue weighted by atomic mass is 9.75. The van der Waals surface area contributed by atoms with Gasteiger partial charge in [0.2, 0.25) is 15.9 Å². The number of nitrogens with one attached hydrogen (secondary N) is 1. The van der Waals surface area contributed by atoms with Crippen LogP contribution in [0.3, 0.4) is 0 Å². The first kappa shape index (κ1) is 26.8. The van der Waals surface area contributed by atoms with E-state index in [9.17, 15) is 30.8 Å². The number of rotatable bonds is 9. The SMILES string of the molecule is CCCS(=O)(=O)N1CCN(C2(CC(F)(F)ONC(=O)c3ccccc3)CCC(F)(F)CC2)CC1. The molecule has 2 fully saturated rings. The Morgan fingerprint density at radius 1 is 1.06 bits per heavy atom. The minimum absolute atomic E-state index is 0.00259. The smallest absolute Gasteiger partial charge is 0.295 e. The molecule has 0 unspecified atom stereocenters. The average Bonchev–Trinajstić information content (AvgIpc) is 2.80. The van der Waals surface area contributed by atoms with Crippen LogP contribution in [0.2, 0.25) is 0 Å². The number of amides is 1. The molecule has 0 bridgehead atoms. The molecule has 1 amide bonds. The maximum atomic E-state index is 14.9. The summed E-state index contributed by atoms with van der Waals surface area (Å²) in [6.07, 6.45) is -5.72. The molecule has 192 valence electrons. The Morgan fingerprint density at radius 3 is 2.21 bits per heavy atom. The van der Waals surface area contributed by atoms with Crippen molar-refractivity contribution in [3.05, 3.63) is 35.9 Å². The van der Waals surface area contributed by atoms with Crippen LogP contribution in [0.4, 0.5) is 17.6 Å². The minimum atomic E-state index is -3.82. The fourth-order valence-corrected chi connectivity index (χ4v) is 6.20. The molecule has 1 N–H and O–H groups in total. The topological polar surface area (TPSA) is 79.0 Å². The van der Waals surface area contributed by atoms with Crippen molar-refractivity contribution in [2.45, 2.75) is 63.0 Å². The second kappa shape index (κ2) is 10.5. The first-order valence-corrected chi connectivity index (χ1v) is 13.0. The second-order valence-corrected chi connectivity index (χ2v) is 11.1. The Kier molecular flexibility index (Phi) is 8.26. The second-order valence-electron chi connectivity index (χ2n) is 9.00. The fourth-order valence-electron chi connectivity index (χ4n) is 4.70. The Hall–Kier alpha value is -1.76. The molecule has 12 heteroatoms. The highest BCUT2D eigenvalue weighted by atomic mass is 32.2. The summed E-state index contributed by atoms with van der Waals surface area (Å²) in [7, 11) is -3.44. The number of hydroxylamine groups is 1. The summed E-state index contributed by atoms with van der Waals surface area (Å²) in [5.41, 5.74) is 0.595. The molecular formula is C22H31F4N3O4S. The number of nitrogens with zero attached hydrogens (tertiary/aromatic N) is 2. The van der Waals surface area contributed by atoms with Crippen LogP contribution in [0.25, 0.3) is 0 Å². The first-order valence-electron chi connectivity index (χ1n) is 11.4. The monoisotopic (exact) mass is 509 g/mol. The van der Waals surface area contributed by atoms with E-state index in [1.165, 1.54) is 16.4 Å². The number of benzene rings is 1. The van der Waals surface area contributed by atoms with E-state index in [2.05, 4.69) is 4.84 Å². The van der Waals surface area contributed by atoms with Gasteiger partial charge >= 0.3 is 6.11 Å². The lowest BCUT2D eigenvalue weighted by Gasteiger charge is -2.51. The zero-order valence-electron chi connectivity index (χ0n) is 19.1. The van der Waals surface area contributed by atoms with Crippen molar-refractivity contribution in [1.29, 1.82) is 0 Å². The maximum absolute atomic E-state index is 14.9. The molecule has 2 aliphatic rings. The van der Waals surface area contributed by atoms with E-state index in [0.29, 0.717) is 6.42 Å². The molecule has 0 atom stereocenters. The normalized spacial score (nSPS) is 21.8. The number of alkyl halides is 4. The molecule has 34 heavy (non-hydrogen) atoms. The van der Waals surface area contributed by atoms with Gasteiger partial charge < -0.3 is 0 Å². The van der Waals surface area contributed by atoms with E-state index in [4.69, 9.17) is 0 Å².